The van der Waals surface area contributed by atoms with Crippen molar-refractivity contribution in [2.24, 2.45) is 0 Å². The van der Waals surface area contributed by atoms with E-state index in [1.165, 1.54) is 11.6 Å². The number of rotatable bonds is 8. The van der Waals surface area contributed by atoms with Gasteiger partial charge < -0.3 is 19.4 Å². The molecule has 1 fully saturated rings. The predicted molar refractivity (Wildman–Crippen MR) is 136 cm³/mol. The Labute approximate surface area is 208 Å². The third-order valence-electron chi connectivity index (χ3n) is 6.62. The van der Waals surface area contributed by atoms with Crippen molar-refractivity contribution < 1.29 is 9.53 Å². The SMILES string of the molecule is C=CC(=O)N1CCN(c2nc(OCCN(C)C)c(C#N)c3c2CCN(Cc2ccccc2)C3)CC1. The molecule has 4 rings (SSSR count). The van der Waals surface area contributed by atoms with Crippen molar-refractivity contribution in [1.29, 1.82) is 5.26 Å². The maximum absolute atomic E-state index is 12.0. The molecule has 0 unspecified atom stereocenters. The Morgan fingerprint density at radius 1 is 1.17 bits per heavy atom. The molecule has 0 N–H and O–H groups in total. The van der Waals surface area contributed by atoms with Crippen molar-refractivity contribution >= 4 is 11.7 Å². The fourth-order valence-electron chi connectivity index (χ4n) is 4.69. The second kappa shape index (κ2) is 11.3. The number of nitrogens with zero attached hydrogens (tertiary/aromatic N) is 6. The highest BCUT2D eigenvalue weighted by Gasteiger charge is 2.30. The number of carbonyl (C=O) groups is 1. The lowest BCUT2D eigenvalue weighted by molar-refractivity contribution is -0.126. The molecule has 3 heterocycles. The van der Waals surface area contributed by atoms with Crippen molar-refractivity contribution in [3.05, 3.63) is 65.2 Å². The zero-order valence-electron chi connectivity index (χ0n) is 20.7. The number of piperazine rings is 1. The summed E-state index contributed by atoms with van der Waals surface area (Å²) in [6.07, 6.45) is 2.19. The maximum Gasteiger partial charge on any atom is 0.246 e. The minimum atomic E-state index is -0.0382. The maximum atomic E-state index is 12.0. The Morgan fingerprint density at radius 2 is 1.91 bits per heavy atom. The van der Waals surface area contributed by atoms with Crippen LogP contribution in [0.3, 0.4) is 0 Å². The molecule has 8 heteroatoms. The van der Waals surface area contributed by atoms with E-state index in [1.807, 2.05) is 30.0 Å². The molecular formula is C27H34N6O2. The number of nitriles is 1. The predicted octanol–water partition coefficient (Wildman–Crippen LogP) is 2.29. The minimum absolute atomic E-state index is 0.0382. The van der Waals surface area contributed by atoms with Crippen LogP contribution in [0.2, 0.25) is 0 Å². The molecule has 1 aromatic carbocycles. The number of likely N-dealkylation sites (N-methyl/N-ethyl adjacent to an activating group) is 1. The van der Waals surface area contributed by atoms with Gasteiger partial charge in [-0.05, 0) is 37.7 Å². The normalized spacial score (nSPS) is 16.1. The number of aromatic nitrogens is 1. The van der Waals surface area contributed by atoms with Crippen LogP contribution in [-0.4, -0.2) is 85.6 Å². The number of pyridine rings is 1. The molecule has 2 aliphatic heterocycles. The molecule has 0 saturated carbocycles. The Morgan fingerprint density at radius 3 is 2.57 bits per heavy atom. The largest absolute Gasteiger partial charge is 0.475 e. The Bertz CT molecular complexity index is 1090. The molecule has 1 amide bonds. The Kier molecular flexibility index (Phi) is 8.01. The second-order valence-electron chi connectivity index (χ2n) is 9.30. The van der Waals surface area contributed by atoms with E-state index >= 15 is 0 Å². The first kappa shape index (κ1) is 24.7. The molecule has 0 spiro atoms. The highest BCUT2D eigenvalue weighted by atomic mass is 16.5. The van der Waals surface area contributed by atoms with Gasteiger partial charge in [0, 0.05) is 57.9 Å². The summed E-state index contributed by atoms with van der Waals surface area (Å²) in [7, 11) is 3.98. The molecule has 2 aromatic rings. The summed E-state index contributed by atoms with van der Waals surface area (Å²) in [5.41, 5.74) is 3.95. The number of ether oxygens (including phenoxy) is 1. The van der Waals surface area contributed by atoms with E-state index < -0.39 is 0 Å². The summed E-state index contributed by atoms with van der Waals surface area (Å²) in [5, 5.41) is 10.1. The lowest BCUT2D eigenvalue weighted by Gasteiger charge is -2.38. The number of hydrogen-bond acceptors (Lipinski definition) is 7. The smallest absolute Gasteiger partial charge is 0.246 e. The van der Waals surface area contributed by atoms with Gasteiger partial charge in [-0.1, -0.05) is 36.9 Å². The van der Waals surface area contributed by atoms with E-state index in [1.54, 1.807) is 0 Å². The fraction of sp³-hybridized carbons (Fsp3) is 0.444. The van der Waals surface area contributed by atoms with Gasteiger partial charge in [0.25, 0.3) is 0 Å². The summed E-state index contributed by atoms with van der Waals surface area (Å²) in [6.45, 7) is 9.85. The Balaban J connectivity index is 1.63. The minimum Gasteiger partial charge on any atom is -0.475 e. The third kappa shape index (κ3) is 5.81. The summed E-state index contributed by atoms with van der Waals surface area (Å²) in [4.78, 5) is 25.4. The molecule has 1 saturated heterocycles. The number of amides is 1. The van der Waals surface area contributed by atoms with Gasteiger partial charge in [-0.2, -0.15) is 10.2 Å². The van der Waals surface area contributed by atoms with E-state index in [0.717, 1.165) is 43.0 Å². The summed E-state index contributed by atoms with van der Waals surface area (Å²) >= 11 is 0. The molecule has 35 heavy (non-hydrogen) atoms. The average molecular weight is 475 g/mol. The summed E-state index contributed by atoms with van der Waals surface area (Å²) in [5.74, 6) is 1.27. The number of hydrogen-bond donors (Lipinski definition) is 0. The standard InChI is InChI=1S/C27H34N6O2/c1-4-25(34)32-12-14-33(15-13-32)26-22-10-11-31(19-21-8-6-5-7-9-21)20-24(22)23(18-28)27(29-26)35-17-16-30(2)3/h4-9H,1,10-17,19-20H2,2-3H3. The van der Waals surface area contributed by atoms with Crippen molar-refractivity contribution in [2.75, 3.05) is 64.9 Å². The lowest BCUT2D eigenvalue weighted by Crippen LogP contribution is -2.49. The monoisotopic (exact) mass is 474 g/mol. The van der Waals surface area contributed by atoms with Crippen molar-refractivity contribution in [3.8, 4) is 11.9 Å². The molecule has 1 aromatic heterocycles. The van der Waals surface area contributed by atoms with Gasteiger partial charge in [0.2, 0.25) is 11.8 Å². The van der Waals surface area contributed by atoms with Crippen LogP contribution in [0, 0.1) is 11.3 Å². The first-order chi connectivity index (χ1) is 17.0. The van der Waals surface area contributed by atoms with Crippen LogP contribution in [0.15, 0.2) is 43.0 Å². The van der Waals surface area contributed by atoms with Gasteiger partial charge in [0.05, 0.1) is 0 Å². The molecule has 2 aliphatic rings. The number of carbonyl (C=O) groups excluding carboxylic acids is 1. The second-order valence-corrected chi connectivity index (χ2v) is 9.30. The molecule has 0 aliphatic carbocycles. The van der Waals surface area contributed by atoms with Crippen LogP contribution in [0.25, 0.3) is 0 Å². The van der Waals surface area contributed by atoms with E-state index in [0.29, 0.717) is 50.8 Å². The van der Waals surface area contributed by atoms with Crippen LogP contribution < -0.4 is 9.64 Å². The van der Waals surface area contributed by atoms with Gasteiger partial charge in [-0.25, -0.2) is 0 Å². The van der Waals surface area contributed by atoms with Gasteiger partial charge in [0.1, 0.15) is 24.1 Å². The summed E-state index contributed by atoms with van der Waals surface area (Å²) < 4.78 is 6.07. The molecule has 0 atom stereocenters. The van der Waals surface area contributed by atoms with E-state index in [4.69, 9.17) is 9.72 Å². The molecule has 184 valence electrons. The molecular weight excluding hydrogens is 440 g/mol. The van der Waals surface area contributed by atoms with Crippen LogP contribution in [0.4, 0.5) is 5.82 Å². The zero-order chi connectivity index (χ0) is 24.8. The van der Waals surface area contributed by atoms with E-state index in [9.17, 15) is 10.1 Å². The average Bonchev–Trinajstić information content (AvgIpc) is 2.88. The fourth-order valence-corrected chi connectivity index (χ4v) is 4.69. The number of anilines is 1. The van der Waals surface area contributed by atoms with Crippen LogP contribution >= 0.6 is 0 Å². The first-order valence-electron chi connectivity index (χ1n) is 12.2. The lowest BCUT2D eigenvalue weighted by atomic mass is 9.95. The van der Waals surface area contributed by atoms with Crippen LogP contribution in [-0.2, 0) is 24.3 Å². The molecule has 0 bridgehead atoms. The highest BCUT2D eigenvalue weighted by Crippen LogP contribution is 2.35. The summed E-state index contributed by atoms with van der Waals surface area (Å²) in [6, 6.07) is 12.8. The number of fused-ring (bicyclic) bond motifs is 1. The third-order valence-corrected chi connectivity index (χ3v) is 6.62. The van der Waals surface area contributed by atoms with E-state index in [-0.39, 0.29) is 5.91 Å². The molecule has 8 nitrogen and oxygen atoms in total. The first-order valence-corrected chi connectivity index (χ1v) is 12.2. The van der Waals surface area contributed by atoms with Gasteiger partial charge >= 0.3 is 0 Å². The number of benzene rings is 1. The Hall–Kier alpha value is -3.41. The topological polar surface area (TPSA) is 75.9 Å². The van der Waals surface area contributed by atoms with Crippen molar-refractivity contribution in [1.82, 2.24) is 19.7 Å². The molecule has 0 radical (unpaired) electrons. The van der Waals surface area contributed by atoms with Gasteiger partial charge in [-0.3, -0.25) is 9.69 Å². The van der Waals surface area contributed by atoms with E-state index in [2.05, 4.69) is 46.7 Å². The highest BCUT2D eigenvalue weighted by molar-refractivity contribution is 5.87. The van der Waals surface area contributed by atoms with Crippen LogP contribution in [0.5, 0.6) is 5.88 Å². The zero-order valence-corrected chi connectivity index (χ0v) is 20.7. The van der Waals surface area contributed by atoms with Crippen molar-refractivity contribution in [3.63, 3.8) is 0 Å². The van der Waals surface area contributed by atoms with Gasteiger partial charge in [-0.15, -0.1) is 0 Å². The quantitative estimate of drug-likeness (QED) is 0.544. The van der Waals surface area contributed by atoms with Gasteiger partial charge in [0.15, 0.2) is 0 Å². The van der Waals surface area contributed by atoms with Crippen molar-refractivity contribution in [2.45, 2.75) is 19.5 Å². The van der Waals surface area contributed by atoms with Crippen LogP contribution in [0.1, 0.15) is 22.3 Å².